The summed E-state index contributed by atoms with van der Waals surface area (Å²) >= 11 is 0. The van der Waals surface area contributed by atoms with E-state index in [1.165, 1.54) is 0 Å². The summed E-state index contributed by atoms with van der Waals surface area (Å²) in [7, 11) is 0. The third kappa shape index (κ3) is 2.90. The molecule has 0 fully saturated rings. The number of hydrogen-bond donors (Lipinski definition) is 3. The van der Waals surface area contributed by atoms with Crippen molar-refractivity contribution in [2.45, 2.75) is 0 Å². The van der Waals surface area contributed by atoms with Crippen LogP contribution in [0.1, 0.15) is 31.1 Å². The number of carbonyl (C=O) groups is 3. The number of hydrogen-bond acceptors (Lipinski definition) is 3. The van der Waals surface area contributed by atoms with Gasteiger partial charge >= 0.3 is 17.9 Å². The van der Waals surface area contributed by atoms with Crippen molar-refractivity contribution in [2.75, 3.05) is 0 Å². The van der Waals surface area contributed by atoms with E-state index in [4.69, 9.17) is 15.3 Å². The van der Waals surface area contributed by atoms with E-state index in [1.54, 1.807) is 0 Å². The van der Waals surface area contributed by atoms with Gasteiger partial charge in [0.25, 0.3) is 0 Å². The Morgan fingerprint density at radius 2 is 1.31 bits per heavy atom. The molecule has 0 saturated heterocycles. The topological polar surface area (TPSA) is 112 Å². The molecule has 0 aromatic heterocycles. The van der Waals surface area contributed by atoms with Crippen LogP contribution in [0.3, 0.4) is 0 Å². The van der Waals surface area contributed by atoms with Gasteiger partial charge in [0.05, 0.1) is 16.7 Å². The molecule has 0 unspecified atom stereocenters. The Hall–Kier alpha value is -1.68. The summed E-state index contributed by atoms with van der Waals surface area (Å²) in [5.74, 6) is -4.20. The van der Waals surface area contributed by atoms with Crippen molar-refractivity contribution in [1.82, 2.24) is 0 Å². The van der Waals surface area contributed by atoms with E-state index < -0.39 is 29.0 Å². The second-order valence-electron chi connectivity index (χ2n) is 2.68. The molecule has 0 aliphatic heterocycles. The van der Waals surface area contributed by atoms with E-state index in [9.17, 15) is 14.4 Å². The van der Waals surface area contributed by atoms with Gasteiger partial charge in [0.15, 0.2) is 0 Å². The van der Waals surface area contributed by atoms with Gasteiger partial charge in [-0.2, -0.15) is 0 Å². The average Bonchev–Trinajstić information content (AvgIpc) is 2.16. The zero-order valence-electron chi connectivity index (χ0n) is 7.61. The molecule has 88 valence electrons. The predicted octanol–water partition coefficient (Wildman–Crippen LogP) is 0.779. The van der Waals surface area contributed by atoms with Crippen molar-refractivity contribution in [1.29, 1.82) is 0 Å². The van der Waals surface area contributed by atoms with Gasteiger partial charge in [0, 0.05) is 21.1 Å². The summed E-state index contributed by atoms with van der Waals surface area (Å²) in [6, 6.07) is 2.81. The van der Waals surface area contributed by atoms with E-state index in [2.05, 4.69) is 0 Å². The van der Waals surface area contributed by atoms with Crippen LogP contribution in [0.25, 0.3) is 0 Å². The SMILES string of the molecule is O=C(O)c1ccc(C(=O)O)c(C(=O)O)c1.[Pt]. The molecular formula is C9H6O6Pt. The fourth-order valence-corrected chi connectivity index (χ4v) is 1.04. The molecule has 3 N–H and O–H groups in total. The molecule has 1 rings (SSSR count). The largest absolute Gasteiger partial charge is 0.478 e. The number of rotatable bonds is 3. The first-order chi connectivity index (χ1) is 6.93. The Bertz CT molecular complexity index is 453. The van der Waals surface area contributed by atoms with Gasteiger partial charge in [0.1, 0.15) is 0 Å². The molecule has 0 saturated carbocycles. The van der Waals surface area contributed by atoms with Crippen LogP contribution in [-0.2, 0) is 21.1 Å². The van der Waals surface area contributed by atoms with Gasteiger partial charge in [-0.15, -0.1) is 0 Å². The van der Waals surface area contributed by atoms with E-state index in [0.29, 0.717) is 0 Å². The van der Waals surface area contributed by atoms with Crippen LogP contribution in [-0.4, -0.2) is 33.2 Å². The molecule has 1 aromatic carbocycles. The van der Waals surface area contributed by atoms with Gasteiger partial charge in [-0.3, -0.25) is 0 Å². The minimum Gasteiger partial charge on any atom is -0.478 e. The zero-order valence-corrected chi connectivity index (χ0v) is 9.89. The summed E-state index contributed by atoms with van der Waals surface area (Å²) in [6.07, 6.45) is 0. The molecule has 0 aliphatic rings. The zero-order chi connectivity index (χ0) is 11.6. The van der Waals surface area contributed by atoms with E-state index in [1.807, 2.05) is 0 Å². The summed E-state index contributed by atoms with van der Waals surface area (Å²) in [5, 5.41) is 25.9. The predicted molar refractivity (Wildman–Crippen MR) is 47.3 cm³/mol. The molecule has 0 spiro atoms. The van der Waals surface area contributed by atoms with Crippen LogP contribution >= 0.6 is 0 Å². The van der Waals surface area contributed by atoms with Gasteiger partial charge in [-0.05, 0) is 18.2 Å². The van der Waals surface area contributed by atoms with E-state index >= 15 is 0 Å². The van der Waals surface area contributed by atoms with Crippen molar-refractivity contribution in [3.05, 3.63) is 34.9 Å². The fraction of sp³-hybridized carbons (Fsp3) is 0. The summed E-state index contributed by atoms with van der Waals surface area (Å²) in [5.41, 5.74) is -1.24. The Morgan fingerprint density at radius 1 is 0.812 bits per heavy atom. The fourth-order valence-electron chi connectivity index (χ4n) is 1.04. The normalized spacial score (nSPS) is 9.00. The molecule has 0 bridgehead atoms. The molecule has 0 radical (unpaired) electrons. The van der Waals surface area contributed by atoms with Gasteiger partial charge in [-0.1, -0.05) is 0 Å². The third-order valence-electron chi connectivity index (χ3n) is 1.73. The maximum atomic E-state index is 10.6. The van der Waals surface area contributed by atoms with Crippen LogP contribution < -0.4 is 0 Å². The Kier molecular flexibility index (Phi) is 4.85. The molecule has 7 heteroatoms. The Labute approximate surface area is 104 Å². The van der Waals surface area contributed by atoms with Crippen molar-refractivity contribution in [2.24, 2.45) is 0 Å². The minimum absolute atomic E-state index is 0. The minimum atomic E-state index is -1.48. The molecule has 0 amide bonds. The third-order valence-corrected chi connectivity index (χ3v) is 1.73. The van der Waals surface area contributed by atoms with Crippen molar-refractivity contribution in [3.8, 4) is 0 Å². The number of benzene rings is 1. The molecule has 0 heterocycles. The Balaban J connectivity index is 0.00000225. The smallest absolute Gasteiger partial charge is 0.336 e. The molecule has 0 aliphatic carbocycles. The molecular weight excluding hydrogens is 399 g/mol. The summed E-state index contributed by atoms with van der Waals surface area (Å²) in [4.78, 5) is 31.8. The standard InChI is InChI=1S/C9H6O6.Pt/c10-7(11)4-1-2-5(8(12)13)6(3-4)9(14)15;/h1-3H,(H,10,11)(H,12,13)(H,14,15);. The number of carboxylic acids is 3. The number of aromatic carboxylic acids is 3. The maximum absolute atomic E-state index is 10.6. The van der Waals surface area contributed by atoms with E-state index in [0.717, 1.165) is 18.2 Å². The molecule has 6 nitrogen and oxygen atoms in total. The van der Waals surface area contributed by atoms with Gasteiger partial charge < -0.3 is 15.3 Å². The second-order valence-corrected chi connectivity index (χ2v) is 2.68. The van der Waals surface area contributed by atoms with Crippen LogP contribution in [0.2, 0.25) is 0 Å². The first-order valence-corrected chi connectivity index (χ1v) is 3.77. The van der Waals surface area contributed by atoms with Crippen LogP contribution in [0, 0.1) is 0 Å². The van der Waals surface area contributed by atoms with Crippen molar-refractivity contribution in [3.63, 3.8) is 0 Å². The van der Waals surface area contributed by atoms with Crippen molar-refractivity contribution < 1.29 is 50.8 Å². The molecule has 16 heavy (non-hydrogen) atoms. The number of carboxylic acid groups (broad SMARTS) is 3. The van der Waals surface area contributed by atoms with Crippen LogP contribution in [0.15, 0.2) is 18.2 Å². The average molecular weight is 405 g/mol. The van der Waals surface area contributed by atoms with Crippen LogP contribution in [0.4, 0.5) is 0 Å². The quantitative estimate of drug-likeness (QED) is 0.686. The van der Waals surface area contributed by atoms with Gasteiger partial charge in [0.2, 0.25) is 0 Å². The second kappa shape index (κ2) is 5.42. The molecule has 0 atom stereocenters. The first-order valence-electron chi connectivity index (χ1n) is 3.77. The Morgan fingerprint density at radius 3 is 1.69 bits per heavy atom. The van der Waals surface area contributed by atoms with Crippen molar-refractivity contribution >= 4 is 17.9 Å². The first kappa shape index (κ1) is 14.3. The monoisotopic (exact) mass is 405 g/mol. The summed E-state index contributed by atoms with van der Waals surface area (Å²) < 4.78 is 0. The van der Waals surface area contributed by atoms with Crippen LogP contribution in [0.5, 0.6) is 0 Å². The van der Waals surface area contributed by atoms with E-state index in [-0.39, 0.29) is 26.6 Å². The summed E-state index contributed by atoms with van der Waals surface area (Å²) in [6.45, 7) is 0. The maximum Gasteiger partial charge on any atom is 0.336 e. The molecule has 1 aromatic rings. The van der Waals surface area contributed by atoms with Gasteiger partial charge in [-0.25, -0.2) is 14.4 Å².